The number of nitrogens with zero attached hydrogens (tertiary/aromatic N) is 1. The van der Waals surface area contributed by atoms with Gasteiger partial charge in [0.05, 0.1) is 0 Å². The normalized spacial score (nSPS) is 9.79. The van der Waals surface area contributed by atoms with Crippen LogP contribution < -0.4 is 10.6 Å². The van der Waals surface area contributed by atoms with Crippen molar-refractivity contribution in [2.75, 3.05) is 27.2 Å². The first-order valence-electron chi connectivity index (χ1n) is 6.35. The number of amides is 3. The summed E-state index contributed by atoms with van der Waals surface area (Å²) < 4.78 is 0. The van der Waals surface area contributed by atoms with E-state index in [-0.39, 0.29) is 11.9 Å². The molecule has 0 aromatic heterocycles. The van der Waals surface area contributed by atoms with E-state index in [1.165, 1.54) is 4.90 Å². The summed E-state index contributed by atoms with van der Waals surface area (Å²) in [5.74, 6) is 0.00274. The minimum Gasteiger partial charge on any atom is -0.354 e. The molecule has 0 fully saturated rings. The number of carbonyl (C=O) groups excluding carboxylic acids is 2. The van der Waals surface area contributed by atoms with Gasteiger partial charge in [-0.2, -0.15) is 0 Å². The molecule has 0 aliphatic rings. The number of carbonyl (C=O) groups is 2. The maximum absolute atomic E-state index is 11.6. The summed E-state index contributed by atoms with van der Waals surface area (Å²) in [7, 11) is 3.35. The summed E-state index contributed by atoms with van der Waals surface area (Å²) in [5.41, 5.74) is 1.15. The standard InChI is InChI=1S/C14H21N3O2/c1-17(2)14(19)16-11-10-15-13(18)9-8-12-6-4-3-5-7-12/h3-7H,8-11H2,1-2H3,(H,15,18)(H,16,19). The lowest BCUT2D eigenvalue weighted by molar-refractivity contribution is -0.121. The zero-order valence-corrected chi connectivity index (χ0v) is 11.5. The predicted molar refractivity (Wildman–Crippen MR) is 74.9 cm³/mol. The van der Waals surface area contributed by atoms with Gasteiger partial charge in [0.1, 0.15) is 0 Å². The second-order valence-electron chi connectivity index (χ2n) is 4.46. The SMILES string of the molecule is CN(C)C(=O)NCCNC(=O)CCc1ccccc1. The Bertz CT molecular complexity index is 404. The lowest BCUT2D eigenvalue weighted by Crippen LogP contribution is -2.39. The fraction of sp³-hybridized carbons (Fsp3) is 0.429. The van der Waals surface area contributed by atoms with E-state index in [4.69, 9.17) is 0 Å². The number of urea groups is 1. The first kappa shape index (κ1) is 15.0. The lowest BCUT2D eigenvalue weighted by Gasteiger charge is -2.12. The van der Waals surface area contributed by atoms with Crippen molar-refractivity contribution in [1.82, 2.24) is 15.5 Å². The van der Waals surface area contributed by atoms with Gasteiger partial charge in [-0.15, -0.1) is 0 Å². The Morgan fingerprint density at radius 3 is 2.32 bits per heavy atom. The van der Waals surface area contributed by atoms with Gasteiger partial charge < -0.3 is 15.5 Å². The highest BCUT2D eigenvalue weighted by molar-refractivity contribution is 5.76. The maximum atomic E-state index is 11.6. The second-order valence-corrected chi connectivity index (χ2v) is 4.46. The molecular weight excluding hydrogens is 242 g/mol. The Balaban J connectivity index is 2.10. The molecule has 0 radical (unpaired) electrons. The van der Waals surface area contributed by atoms with Crippen LogP contribution in [0, 0.1) is 0 Å². The van der Waals surface area contributed by atoms with Crippen molar-refractivity contribution >= 4 is 11.9 Å². The number of hydrogen-bond acceptors (Lipinski definition) is 2. The molecule has 1 aromatic rings. The van der Waals surface area contributed by atoms with Gasteiger partial charge in [-0.3, -0.25) is 4.79 Å². The molecule has 19 heavy (non-hydrogen) atoms. The van der Waals surface area contributed by atoms with E-state index in [1.807, 2.05) is 30.3 Å². The first-order valence-corrected chi connectivity index (χ1v) is 6.35. The summed E-state index contributed by atoms with van der Waals surface area (Å²) in [6.45, 7) is 0.890. The van der Waals surface area contributed by atoms with E-state index in [9.17, 15) is 9.59 Å². The second kappa shape index (κ2) is 8.13. The highest BCUT2D eigenvalue weighted by Crippen LogP contribution is 2.01. The third-order valence-corrected chi connectivity index (χ3v) is 2.61. The monoisotopic (exact) mass is 263 g/mol. The molecule has 0 aliphatic carbocycles. The zero-order valence-electron chi connectivity index (χ0n) is 11.5. The van der Waals surface area contributed by atoms with Gasteiger partial charge in [0.25, 0.3) is 0 Å². The molecule has 0 atom stereocenters. The third-order valence-electron chi connectivity index (χ3n) is 2.61. The van der Waals surface area contributed by atoms with E-state index in [0.717, 1.165) is 12.0 Å². The van der Waals surface area contributed by atoms with Gasteiger partial charge in [0.15, 0.2) is 0 Å². The van der Waals surface area contributed by atoms with Crippen LogP contribution in [0.4, 0.5) is 4.79 Å². The minimum atomic E-state index is -0.154. The fourth-order valence-corrected chi connectivity index (χ4v) is 1.52. The van der Waals surface area contributed by atoms with Crippen molar-refractivity contribution < 1.29 is 9.59 Å². The van der Waals surface area contributed by atoms with Crippen LogP contribution in [-0.4, -0.2) is 44.0 Å². The summed E-state index contributed by atoms with van der Waals surface area (Å²) in [4.78, 5) is 24.2. The van der Waals surface area contributed by atoms with E-state index >= 15 is 0 Å². The van der Waals surface area contributed by atoms with Gasteiger partial charge in [0, 0.05) is 33.6 Å². The van der Waals surface area contributed by atoms with Crippen molar-refractivity contribution in [1.29, 1.82) is 0 Å². The van der Waals surface area contributed by atoms with Crippen molar-refractivity contribution in [3.63, 3.8) is 0 Å². The molecule has 0 spiro atoms. The van der Waals surface area contributed by atoms with Gasteiger partial charge >= 0.3 is 6.03 Å². The fourth-order valence-electron chi connectivity index (χ4n) is 1.52. The summed E-state index contributed by atoms with van der Waals surface area (Å²) in [5, 5.41) is 5.46. The summed E-state index contributed by atoms with van der Waals surface area (Å²) >= 11 is 0. The van der Waals surface area contributed by atoms with Gasteiger partial charge in [-0.05, 0) is 12.0 Å². The Hall–Kier alpha value is -2.04. The molecule has 0 saturated heterocycles. The van der Waals surface area contributed by atoms with Crippen LogP contribution in [0.5, 0.6) is 0 Å². The molecule has 1 aromatic carbocycles. The molecule has 104 valence electrons. The van der Waals surface area contributed by atoms with E-state index in [2.05, 4.69) is 10.6 Å². The van der Waals surface area contributed by atoms with E-state index in [1.54, 1.807) is 14.1 Å². The van der Waals surface area contributed by atoms with Crippen LogP contribution in [0.3, 0.4) is 0 Å². The quantitative estimate of drug-likeness (QED) is 0.752. The van der Waals surface area contributed by atoms with Crippen LogP contribution in [-0.2, 0) is 11.2 Å². The molecule has 0 bridgehead atoms. The summed E-state index contributed by atoms with van der Waals surface area (Å²) in [6, 6.07) is 9.73. The third kappa shape index (κ3) is 6.45. The van der Waals surface area contributed by atoms with E-state index < -0.39 is 0 Å². The van der Waals surface area contributed by atoms with Crippen LogP contribution in [0.15, 0.2) is 30.3 Å². The average Bonchev–Trinajstić information content (AvgIpc) is 2.42. The topological polar surface area (TPSA) is 61.4 Å². The number of hydrogen-bond donors (Lipinski definition) is 2. The van der Waals surface area contributed by atoms with Crippen LogP contribution in [0.25, 0.3) is 0 Å². The number of benzene rings is 1. The zero-order chi connectivity index (χ0) is 14.1. The summed E-state index contributed by atoms with van der Waals surface area (Å²) in [6.07, 6.45) is 1.20. The molecule has 3 amide bonds. The number of nitrogens with one attached hydrogen (secondary N) is 2. The largest absolute Gasteiger partial charge is 0.354 e. The molecular formula is C14H21N3O2. The average molecular weight is 263 g/mol. The molecule has 0 heterocycles. The Labute approximate surface area is 114 Å². The van der Waals surface area contributed by atoms with Crippen molar-refractivity contribution in [2.24, 2.45) is 0 Å². The predicted octanol–water partition coefficient (Wildman–Crippen LogP) is 1.01. The first-order chi connectivity index (χ1) is 9.09. The van der Waals surface area contributed by atoms with Crippen molar-refractivity contribution in [3.8, 4) is 0 Å². The van der Waals surface area contributed by atoms with Gasteiger partial charge in [0.2, 0.25) is 5.91 Å². The molecule has 1 rings (SSSR count). The van der Waals surface area contributed by atoms with Crippen LogP contribution in [0.2, 0.25) is 0 Å². The van der Waals surface area contributed by atoms with Gasteiger partial charge in [-0.25, -0.2) is 4.79 Å². The molecule has 5 nitrogen and oxygen atoms in total. The smallest absolute Gasteiger partial charge is 0.316 e. The van der Waals surface area contributed by atoms with Gasteiger partial charge in [-0.1, -0.05) is 30.3 Å². The molecule has 0 aliphatic heterocycles. The lowest BCUT2D eigenvalue weighted by atomic mass is 10.1. The Kier molecular flexibility index (Phi) is 6.43. The van der Waals surface area contributed by atoms with Crippen molar-refractivity contribution in [3.05, 3.63) is 35.9 Å². The minimum absolute atomic E-state index is 0.00274. The van der Waals surface area contributed by atoms with Crippen molar-refractivity contribution in [2.45, 2.75) is 12.8 Å². The van der Waals surface area contributed by atoms with Crippen LogP contribution >= 0.6 is 0 Å². The molecule has 2 N–H and O–H groups in total. The molecule has 5 heteroatoms. The highest BCUT2D eigenvalue weighted by atomic mass is 16.2. The number of aryl methyl sites for hydroxylation is 1. The number of rotatable bonds is 6. The Morgan fingerprint density at radius 2 is 1.68 bits per heavy atom. The highest BCUT2D eigenvalue weighted by Gasteiger charge is 2.03. The maximum Gasteiger partial charge on any atom is 0.316 e. The molecule has 0 saturated carbocycles. The van der Waals surface area contributed by atoms with Crippen LogP contribution in [0.1, 0.15) is 12.0 Å². The van der Waals surface area contributed by atoms with E-state index in [0.29, 0.717) is 19.5 Å². The Morgan fingerprint density at radius 1 is 1.05 bits per heavy atom. The molecule has 0 unspecified atom stereocenters.